The van der Waals surface area contributed by atoms with Crippen LogP contribution >= 0.6 is 11.6 Å². The normalized spacial score (nSPS) is 19.7. The van der Waals surface area contributed by atoms with Gasteiger partial charge in [0.2, 0.25) is 11.8 Å². The lowest BCUT2D eigenvalue weighted by Crippen LogP contribution is -2.51. The van der Waals surface area contributed by atoms with Crippen molar-refractivity contribution in [2.75, 3.05) is 19.5 Å². The number of nitrogens with one attached hydrogen (secondary N) is 3. The molecule has 1 fully saturated rings. The number of hydrogen-bond donors (Lipinski definition) is 5. The van der Waals surface area contributed by atoms with E-state index >= 15 is 0 Å². The molecule has 2 aromatic carbocycles. The van der Waals surface area contributed by atoms with E-state index in [-0.39, 0.29) is 29.8 Å². The maximum atomic E-state index is 14.5. The van der Waals surface area contributed by atoms with Crippen molar-refractivity contribution in [3.8, 4) is 34.1 Å². The maximum Gasteiger partial charge on any atom is 0.419 e. The number of aliphatic carboxylic acids is 1. The van der Waals surface area contributed by atoms with Crippen molar-refractivity contribution in [2.24, 2.45) is 0 Å². The lowest BCUT2D eigenvalue weighted by Gasteiger charge is -2.41. The molecule has 2 aliphatic carbocycles. The number of hydrogen-bond acceptors (Lipinski definition) is 9. The molecule has 10 nitrogen and oxygen atoms in total. The molecule has 0 amide bonds. The number of carboxylic acid groups (broad SMARTS) is 1. The topological polar surface area (TPSA) is 138 Å². The van der Waals surface area contributed by atoms with Crippen molar-refractivity contribution in [1.82, 2.24) is 20.6 Å². The van der Waals surface area contributed by atoms with E-state index in [9.17, 15) is 28.2 Å². The zero-order valence-corrected chi connectivity index (χ0v) is 30.9. The highest BCUT2D eigenvalue weighted by molar-refractivity contribution is 6.36. The highest BCUT2D eigenvalue weighted by atomic mass is 35.5. The molecule has 2 aliphatic rings. The Bertz CT molecular complexity index is 2010. The quantitative estimate of drug-likeness (QED) is 0.0931. The smallest absolute Gasteiger partial charge is 0.419 e. The van der Waals surface area contributed by atoms with Gasteiger partial charge in [0.05, 0.1) is 42.1 Å². The maximum absolute atomic E-state index is 14.5. The van der Waals surface area contributed by atoms with Gasteiger partial charge in [0.15, 0.2) is 0 Å². The number of pyridine rings is 2. The number of alkyl halides is 3. The Morgan fingerprint density at radius 1 is 0.962 bits per heavy atom. The Labute approximate surface area is 311 Å². The molecule has 0 aliphatic heterocycles. The number of carboxylic acids is 1. The molecule has 14 heteroatoms. The lowest BCUT2D eigenvalue weighted by molar-refractivity contribution is -0.143. The van der Waals surface area contributed by atoms with Crippen molar-refractivity contribution in [3.05, 3.63) is 87.4 Å². The zero-order chi connectivity index (χ0) is 38.3. The van der Waals surface area contributed by atoms with Crippen LogP contribution in [-0.4, -0.2) is 57.6 Å². The van der Waals surface area contributed by atoms with Crippen LogP contribution < -0.4 is 25.4 Å². The van der Waals surface area contributed by atoms with E-state index in [1.54, 1.807) is 7.11 Å². The molecule has 0 unspecified atom stereocenters. The highest BCUT2D eigenvalue weighted by Crippen LogP contribution is 2.45. The monoisotopic (exact) mass is 753 g/mol. The number of anilines is 1. The van der Waals surface area contributed by atoms with Crippen LogP contribution in [-0.2, 0) is 30.5 Å². The number of ether oxygens (including phenoxy) is 2. The number of fused-ring (bicyclic) bond motifs is 1. The first-order valence-corrected chi connectivity index (χ1v) is 17.7. The molecule has 0 saturated heterocycles. The van der Waals surface area contributed by atoms with E-state index in [2.05, 4.69) is 20.9 Å². The SMILES string of the molecule is COc1nc(-c2cccc(-c3cccc4c3CC[C@@H]4Nc3nc(OC)c(CNC(C)(C)C(=O)O)cc3C(F)(F)F)c2Cl)ccc1CNC1CC(C)(O)C1. The third kappa shape index (κ3) is 8.08. The van der Waals surface area contributed by atoms with Crippen molar-refractivity contribution >= 4 is 23.4 Å². The second-order valence-electron chi connectivity index (χ2n) is 14.5. The van der Waals surface area contributed by atoms with Gasteiger partial charge in [0, 0.05) is 41.4 Å². The van der Waals surface area contributed by atoms with Crippen molar-refractivity contribution in [3.63, 3.8) is 0 Å². The molecule has 282 valence electrons. The number of halogens is 4. The van der Waals surface area contributed by atoms with Gasteiger partial charge in [-0.15, -0.1) is 0 Å². The first-order chi connectivity index (χ1) is 25.0. The minimum absolute atomic E-state index is 0.0492. The number of methoxy groups -OCH3 is 2. The van der Waals surface area contributed by atoms with Crippen molar-refractivity contribution < 1.29 is 37.7 Å². The predicted molar refractivity (Wildman–Crippen MR) is 196 cm³/mol. The summed E-state index contributed by atoms with van der Waals surface area (Å²) in [6.45, 7) is 4.99. The number of rotatable bonds is 13. The summed E-state index contributed by atoms with van der Waals surface area (Å²) in [7, 11) is 2.87. The van der Waals surface area contributed by atoms with E-state index in [0.717, 1.165) is 33.9 Å². The van der Waals surface area contributed by atoms with Gasteiger partial charge in [0.25, 0.3) is 0 Å². The molecule has 1 saturated carbocycles. The lowest BCUT2D eigenvalue weighted by atomic mass is 9.77. The molecule has 0 bridgehead atoms. The second kappa shape index (κ2) is 14.8. The summed E-state index contributed by atoms with van der Waals surface area (Å²) in [6.07, 6.45) is -2.29. The summed E-state index contributed by atoms with van der Waals surface area (Å²) in [5, 5.41) is 29.2. The van der Waals surface area contributed by atoms with Crippen LogP contribution in [0.1, 0.15) is 73.9 Å². The van der Waals surface area contributed by atoms with Crippen molar-refractivity contribution in [1.29, 1.82) is 0 Å². The Hall–Kier alpha value is -4.43. The first kappa shape index (κ1) is 38.3. The molecule has 2 aromatic heterocycles. The molecule has 4 aromatic rings. The molecule has 5 N–H and O–H groups in total. The molecule has 0 spiro atoms. The summed E-state index contributed by atoms with van der Waals surface area (Å²) in [5.41, 5.74) is 2.71. The average Bonchev–Trinajstić information content (AvgIpc) is 3.51. The van der Waals surface area contributed by atoms with Crippen LogP contribution in [0, 0.1) is 0 Å². The van der Waals surface area contributed by atoms with Crippen LogP contribution in [0.3, 0.4) is 0 Å². The number of nitrogens with zero attached hydrogens (tertiary/aromatic N) is 2. The number of aliphatic hydroxyl groups is 1. The van der Waals surface area contributed by atoms with E-state index in [0.29, 0.717) is 54.4 Å². The summed E-state index contributed by atoms with van der Waals surface area (Å²) in [5.74, 6) is -1.11. The predicted octanol–water partition coefficient (Wildman–Crippen LogP) is 7.56. The summed E-state index contributed by atoms with van der Waals surface area (Å²) in [6, 6.07) is 15.9. The third-order valence-corrected chi connectivity index (χ3v) is 10.5. The van der Waals surface area contributed by atoms with Gasteiger partial charge in [-0.2, -0.15) is 18.2 Å². The van der Waals surface area contributed by atoms with E-state index in [1.807, 2.05) is 55.5 Å². The van der Waals surface area contributed by atoms with Gasteiger partial charge in [-0.25, -0.2) is 4.98 Å². The molecular formula is C39H43ClF3N5O5. The van der Waals surface area contributed by atoms with Crippen LogP contribution in [0.5, 0.6) is 11.8 Å². The van der Waals surface area contributed by atoms with E-state index < -0.39 is 34.9 Å². The molecule has 1 atom stereocenters. The number of aromatic nitrogens is 2. The van der Waals surface area contributed by atoms with Gasteiger partial charge >= 0.3 is 12.1 Å². The minimum Gasteiger partial charge on any atom is -0.481 e. The Kier molecular flexibility index (Phi) is 10.7. The Balaban J connectivity index is 1.27. The molecule has 6 rings (SSSR count). The van der Waals surface area contributed by atoms with Gasteiger partial charge in [-0.3, -0.25) is 10.1 Å². The standard InChI is InChI=1S/C39H43ClF3N5O5/c1-37(2,36(49)50)45-20-22-16-29(39(41,42)43)33(48-35(22)53-5)46-30-15-13-25-24(8-6-9-26(25)30)27-10-7-11-28(32(27)40)31-14-12-21(34(47-31)52-4)19-44-23-17-38(3,51)18-23/h6-12,14,16,23,30,44-45,51H,13,15,17-20H2,1-5H3,(H,46,48)(H,49,50)/t23?,30-,38?/m0/s1. The molecule has 2 heterocycles. The fourth-order valence-corrected chi connectivity index (χ4v) is 7.37. The third-order valence-electron chi connectivity index (χ3n) is 10.0. The van der Waals surface area contributed by atoms with E-state index in [1.165, 1.54) is 21.0 Å². The van der Waals surface area contributed by atoms with Crippen LogP contribution in [0.15, 0.2) is 54.6 Å². The van der Waals surface area contributed by atoms with Crippen molar-refractivity contribution in [2.45, 2.75) is 88.9 Å². The van der Waals surface area contributed by atoms with Gasteiger partial charge in [-0.05, 0) is 75.3 Å². The average molecular weight is 754 g/mol. The largest absolute Gasteiger partial charge is 0.481 e. The Morgan fingerprint density at radius 2 is 1.62 bits per heavy atom. The van der Waals surface area contributed by atoms with Gasteiger partial charge in [0.1, 0.15) is 11.4 Å². The minimum atomic E-state index is -4.75. The highest BCUT2D eigenvalue weighted by Gasteiger charge is 2.39. The van der Waals surface area contributed by atoms with E-state index in [4.69, 9.17) is 26.1 Å². The second-order valence-corrected chi connectivity index (χ2v) is 14.8. The number of benzene rings is 2. The van der Waals surface area contributed by atoms with Crippen LogP contribution in [0.2, 0.25) is 5.02 Å². The fraction of sp³-hybridized carbons (Fsp3) is 0.410. The molecule has 0 radical (unpaired) electrons. The summed E-state index contributed by atoms with van der Waals surface area (Å²) in [4.78, 5) is 20.6. The van der Waals surface area contributed by atoms with Crippen LogP contribution in [0.25, 0.3) is 22.4 Å². The summed E-state index contributed by atoms with van der Waals surface area (Å²) < 4.78 is 54.4. The molecular weight excluding hydrogens is 711 g/mol. The van der Waals surface area contributed by atoms with Gasteiger partial charge in [-0.1, -0.05) is 54.1 Å². The Morgan fingerprint density at radius 3 is 2.28 bits per heavy atom. The number of carbonyl (C=O) groups is 1. The fourth-order valence-electron chi connectivity index (χ4n) is 7.05. The first-order valence-electron chi connectivity index (χ1n) is 17.3. The zero-order valence-electron chi connectivity index (χ0n) is 30.1. The van der Waals surface area contributed by atoms with Gasteiger partial charge < -0.3 is 30.3 Å². The van der Waals surface area contributed by atoms with Crippen LogP contribution in [0.4, 0.5) is 19.0 Å². The summed E-state index contributed by atoms with van der Waals surface area (Å²) >= 11 is 7.11. The molecule has 53 heavy (non-hydrogen) atoms.